The van der Waals surface area contributed by atoms with E-state index in [1.54, 1.807) is 0 Å². The highest BCUT2D eigenvalue weighted by molar-refractivity contribution is 6.18. The Hall–Kier alpha value is -0.480. The van der Waals surface area contributed by atoms with Crippen LogP contribution in [-0.2, 0) is 4.74 Å². The molecule has 1 unspecified atom stereocenters. The molecule has 0 bridgehead atoms. The molecule has 2 N–H and O–H groups in total. The Bertz CT molecular complexity index is 120. The van der Waals surface area contributed by atoms with E-state index in [0.29, 0.717) is 13.0 Å². The van der Waals surface area contributed by atoms with Crippen LogP contribution >= 0.6 is 11.6 Å². The number of amides is 1. The van der Waals surface area contributed by atoms with Crippen molar-refractivity contribution in [2.75, 3.05) is 19.5 Å². The van der Waals surface area contributed by atoms with E-state index in [0.717, 1.165) is 0 Å². The van der Waals surface area contributed by atoms with Gasteiger partial charge in [-0.3, -0.25) is 0 Å². The zero-order chi connectivity index (χ0) is 8.69. The third kappa shape index (κ3) is 5.94. The zero-order valence-electron chi connectivity index (χ0n) is 6.34. The van der Waals surface area contributed by atoms with Crippen LogP contribution < -0.4 is 5.32 Å². The predicted molar refractivity (Wildman–Crippen MR) is 41.8 cm³/mol. The lowest BCUT2D eigenvalue weighted by Gasteiger charge is -2.06. The lowest BCUT2D eigenvalue weighted by molar-refractivity contribution is 0.163. The maximum absolute atomic E-state index is 10.4. The molecular weight excluding hydrogens is 170 g/mol. The van der Waals surface area contributed by atoms with Gasteiger partial charge in [0.15, 0.2) is 0 Å². The number of halogens is 1. The Morgan fingerprint density at radius 2 is 2.45 bits per heavy atom. The van der Waals surface area contributed by atoms with Crippen LogP contribution in [0, 0.1) is 0 Å². The SMILES string of the molecule is COC(=O)NCCC(O)CCl. The standard InChI is InChI=1S/C6H12ClNO3/c1-11-6(10)8-3-2-5(9)4-7/h5,9H,2-4H2,1H3,(H,8,10). The predicted octanol–water partition coefficient (Wildman–Crippen LogP) is 0.332. The van der Waals surface area contributed by atoms with Crippen molar-refractivity contribution in [2.45, 2.75) is 12.5 Å². The molecule has 0 aromatic rings. The van der Waals surface area contributed by atoms with E-state index in [9.17, 15) is 4.79 Å². The van der Waals surface area contributed by atoms with Crippen LogP contribution in [0.3, 0.4) is 0 Å². The van der Waals surface area contributed by atoms with Crippen LogP contribution in [0.25, 0.3) is 0 Å². The Kier molecular flexibility index (Phi) is 5.97. The van der Waals surface area contributed by atoms with Gasteiger partial charge in [-0.25, -0.2) is 4.79 Å². The van der Waals surface area contributed by atoms with Crippen molar-refractivity contribution in [3.8, 4) is 0 Å². The van der Waals surface area contributed by atoms with Crippen LogP contribution in [-0.4, -0.2) is 36.8 Å². The highest BCUT2D eigenvalue weighted by atomic mass is 35.5. The van der Waals surface area contributed by atoms with E-state index in [-0.39, 0.29) is 5.88 Å². The summed E-state index contributed by atoms with van der Waals surface area (Å²) in [6.07, 6.45) is -0.612. The van der Waals surface area contributed by atoms with Gasteiger partial charge in [0, 0.05) is 12.4 Å². The van der Waals surface area contributed by atoms with Gasteiger partial charge >= 0.3 is 6.09 Å². The van der Waals surface area contributed by atoms with Crippen LogP contribution in [0.15, 0.2) is 0 Å². The largest absolute Gasteiger partial charge is 0.453 e. The monoisotopic (exact) mass is 181 g/mol. The molecule has 66 valence electrons. The van der Waals surface area contributed by atoms with E-state index in [1.165, 1.54) is 7.11 Å². The highest BCUT2D eigenvalue weighted by Gasteiger charge is 2.02. The molecule has 0 aliphatic carbocycles. The molecule has 5 heteroatoms. The number of alkyl halides is 1. The Morgan fingerprint density at radius 3 is 2.91 bits per heavy atom. The first kappa shape index (κ1) is 10.5. The average Bonchev–Trinajstić information content (AvgIpc) is 2.04. The van der Waals surface area contributed by atoms with Crippen molar-refractivity contribution in [3.05, 3.63) is 0 Å². The molecule has 0 aromatic heterocycles. The summed E-state index contributed by atoms with van der Waals surface area (Å²) in [7, 11) is 1.29. The van der Waals surface area contributed by atoms with E-state index in [2.05, 4.69) is 10.1 Å². The zero-order valence-corrected chi connectivity index (χ0v) is 7.10. The summed E-state index contributed by atoms with van der Waals surface area (Å²) in [5.74, 6) is 0.183. The van der Waals surface area contributed by atoms with Crippen molar-refractivity contribution in [2.24, 2.45) is 0 Å². The fourth-order valence-electron chi connectivity index (χ4n) is 0.490. The number of carbonyl (C=O) groups excluding carboxylic acids is 1. The normalized spacial score (nSPS) is 12.3. The topological polar surface area (TPSA) is 58.6 Å². The maximum Gasteiger partial charge on any atom is 0.406 e. The summed E-state index contributed by atoms with van der Waals surface area (Å²) >= 11 is 5.31. The maximum atomic E-state index is 10.4. The van der Waals surface area contributed by atoms with Crippen molar-refractivity contribution in [1.82, 2.24) is 5.32 Å². The molecule has 0 rings (SSSR count). The second-order valence-electron chi connectivity index (χ2n) is 2.02. The van der Waals surface area contributed by atoms with Gasteiger partial charge in [0.1, 0.15) is 0 Å². The molecule has 11 heavy (non-hydrogen) atoms. The molecule has 0 fully saturated rings. The Balaban J connectivity index is 3.20. The van der Waals surface area contributed by atoms with Gasteiger partial charge in [-0.1, -0.05) is 0 Å². The summed E-state index contributed by atoms with van der Waals surface area (Å²) < 4.78 is 4.30. The van der Waals surface area contributed by atoms with E-state index in [4.69, 9.17) is 16.7 Å². The molecule has 0 radical (unpaired) electrons. The summed E-state index contributed by atoms with van der Waals surface area (Å²) in [6.45, 7) is 0.376. The lowest BCUT2D eigenvalue weighted by Crippen LogP contribution is -2.27. The van der Waals surface area contributed by atoms with Crippen LogP contribution in [0.4, 0.5) is 4.79 Å². The molecule has 1 atom stereocenters. The molecule has 0 saturated heterocycles. The number of ether oxygens (including phenoxy) is 1. The van der Waals surface area contributed by atoms with Gasteiger partial charge in [-0.15, -0.1) is 11.6 Å². The number of aliphatic hydroxyl groups excluding tert-OH is 1. The van der Waals surface area contributed by atoms with Gasteiger partial charge in [0.25, 0.3) is 0 Å². The fourth-order valence-corrected chi connectivity index (χ4v) is 0.644. The number of rotatable bonds is 4. The molecule has 0 aromatic carbocycles. The Morgan fingerprint density at radius 1 is 1.82 bits per heavy atom. The molecular formula is C6H12ClNO3. The fraction of sp³-hybridized carbons (Fsp3) is 0.833. The number of hydrogen-bond donors (Lipinski definition) is 2. The van der Waals surface area contributed by atoms with Gasteiger partial charge < -0.3 is 15.2 Å². The number of methoxy groups -OCH3 is 1. The second-order valence-corrected chi connectivity index (χ2v) is 2.32. The van der Waals surface area contributed by atoms with Crippen LogP contribution in [0.1, 0.15) is 6.42 Å². The molecule has 1 amide bonds. The van der Waals surface area contributed by atoms with Gasteiger partial charge in [0.2, 0.25) is 0 Å². The van der Waals surface area contributed by atoms with Gasteiger partial charge in [0.05, 0.1) is 13.2 Å². The van der Waals surface area contributed by atoms with Crippen molar-refractivity contribution < 1.29 is 14.6 Å². The number of hydrogen-bond acceptors (Lipinski definition) is 3. The van der Waals surface area contributed by atoms with Gasteiger partial charge in [-0.05, 0) is 6.42 Å². The molecule has 0 aliphatic heterocycles. The molecule has 4 nitrogen and oxygen atoms in total. The van der Waals surface area contributed by atoms with Crippen LogP contribution in [0.2, 0.25) is 0 Å². The highest BCUT2D eigenvalue weighted by Crippen LogP contribution is 1.92. The number of aliphatic hydroxyl groups is 1. The molecule has 0 aliphatic rings. The lowest BCUT2D eigenvalue weighted by atomic mass is 10.3. The first-order chi connectivity index (χ1) is 5.20. The van der Waals surface area contributed by atoms with E-state index >= 15 is 0 Å². The summed E-state index contributed by atoms with van der Waals surface area (Å²) in [6, 6.07) is 0. The summed E-state index contributed by atoms with van der Waals surface area (Å²) in [4.78, 5) is 10.4. The Labute approximate surface area is 70.5 Å². The van der Waals surface area contributed by atoms with Crippen molar-refractivity contribution in [3.63, 3.8) is 0 Å². The first-order valence-electron chi connectivity index (χ1n) is 3.26. The number of carbonyl (C=O) groups is 1. The third-order valence-electron chi connectivity index (χ3n) is 1.11. The summed E-state index contributed by atoms with van der Waals surface area (Å²) in [5.41, 5.74) is 0. The minimum absolute atomic E-state index is 0.183. The smallest absolute Gasteiger partial charge is 0.406 e. The number of nitrogens with one attached hydrogen (secondary N) is 1. The average molecular weight is 182 g/mol. The second kappa shape index (κ2) is 6.24. The molecule has 0 spiro atoms. The number of alkyl carbamates (subject to hydrolysis) is 1. The third-order valence-corrected chi connectivity index (χ3v) is 1.47. The first-order valence-corrected chi connectivity index (χ1v) is 3.80. The van der Waals surface area contributed by atoms with E-state index in [1.807, 2.05) is 0 Å². The van der Waals surface area contributed by atoms with E-state index < -0.39 is 12.2 Å². The molecule has 0 heterocycles. The van der Waals surface area contributed by atoms with Crippen molar-refractivity contribution in [1.29, 1.82) is 0 Å². The summed E-state index contributed by atoms with van der Waals surface area (Å²) in [5, 5.41) is 11.3. The van der Waals surface area contributed by atoms with Crippen LogP contribution in [0.5, 0.6) is 0 Å². The minimum atomic E-state index is -0.561. The quantitative estimate of drug-likeness (QED) is 0.615. The van der Waals surface area contributed by atoms with Gasteiger partial charge in [-0.2, -0.15) is 0 Å². The minimum Gasteiger partial charge on any atom is -0.453 e. The van der Waals surface area contributed by atoms with Crippen molar-refractivity contribution >= 4 is 17.7 Å². The molecule has 0 saturated carbocycles.